The zero-order chi connectivity index (χ0) is 14.7. The summed E-state index contributed by atoms with van der Waals surface area (Å²) in [5, 5.41) is 0.819. The first-order valence-corrected chi connectivity index (χ1v) is 8.16. The Balaban J connectivity index is 2.26. The lowest BCUT2D eigenvalue weighted by Gasteiger charge is -2.38. The van der Waals surface area contributed by atoms with E-state index in [0.717, 1.165) is 42.8 Å². The topological polar surface area (TPSA) is 29.3 Å². The second kappa shape index (κ2) is 6.82. The number of nitrogens with two attached hydrogens (primary N) is 1. The molecule has 112 valence electrons. The lowest BCUT2D eigenvalue weighted by molar-refractivity contribution is 0.356. The number of nitrogens with zero attached hydrogens (tertiary/aromatic N) is 1. The maximum atomic E-state index is 6.22. The van der Waals surface area contributed by atoms with Crippen LogP contribution >= 0.6 is 11.6 Å². The fraction of sp³-hybridized carbons (Fsp3) is 0.647. The molecule has 1 aromatic rings. The molecule has 0 aliphatic carbocycles. The fourth-order valence-corrected chi connectivity index (χ4v) is 3.46. The molecule has 1 aromatic carbocycles. The highest BCUT2D eigenvalue weighted by Gasteiger charge is 2.24. The molecule has 3 atom stereocenters. The van der Waals surface area contributed by atoms with Gasteiger partial charge in [-0.3, -0.25) is 0 Å². The van der Waals surface area contributed by atoms with Crippen LogP contribution in [-0.2, 0) is 6.42 Å². The van der Waals surface area contributed by atoms with Crippen molar-refractivity contribution in [3.05, 3.63) is 28.8 Å². The minimum Gasteiger partial charge on any atom is -0.371 e. The zero-order valence-electron chi connectivity index (χ0n) is 12.9. The van der Waals surface area contributed by atoms with Crippen molar-refractivity contribution in [3.63, 3.8) is 0 Å². The second-order valence-electron chi connectivity index (χ2n) is 6.50. The summed E-state index contributed by atoms with van der Waals surface area (Å²) in [6.45, 7) is 9.07. The van der Waals surface area contributed by atoms with E-state index >= 15 is 0 Å². The van der Waals surface area contributed by atoms with Crippen LogP contribution in [0.2, 0.25) is 5.02 Å². The molecule has 1 fully saturated rings. The number of hydrogen-bond acceptors (Lipinski definition) is 2. The average molecular weight is 295 g/mol. The van der Waals surface area contributed by atoms with E-state index in [1.165, 1.54) is 17.7 Å². The van der Waals surface area contributed by atoms with Gasteiger partial charge in [0.25, 0.3) is 0 Å². The number of halogens is 1. The predicted octanol–water partition coefficient (Wildman–Crippen LogP) is 4.10. The van der Waals surface area contributed by atoms with Crippen LogP contribution < -0.4 is 10.6 Å². The Bertz CT molecular complexity index is 437. The lowest BCUT2D eigenvalue weighted by atomic mass is 9.90. The highest BCUT2D eigenvalue weighted by molar-refractivity contribution is 6.30. The van der Waals surface area contributed by atoms with Crippen LogP contribution in [0.1, 0.15) is 39.2 Å². The number of piperidine rings is 1. The largest absolute Gasteiger partial charge is 0.371 e. The van der Waals surface area contributed by atoms with E-state index in [0.29, 0.717) is 0 Å². The average Bonchev–Trinajstić information content (AvgIpc) is 2.39. The summed E-state index contributed by atoms with van der Waals surface area (Å²) in [6.07, 6.45) is 3.26. The Morgan fingerprint density at radius 1 is 1.30 bits per heavy atom. The number of anilines is 1. The molecule has 2 nitrogen and oxygen atoms in total. The van der Waals surface area contributed by atoms with Crippen molar-refractivity contribution in [3.8, 4) is 0 Å². The van der Waals surface area contributed by atoms with Crippen molar-refractivity contribution >= 4 is 17.3 Å². The van der Waals surface area contributed by atoms with Crippen LogP contribution in [0.4, 0.5) is 5.69 Å². The molecule has 3 heteroatoms. The maximum Gasteiger partial charge on any atom is 0.0426 e. The van der Waals surface area contributed by atoms with E-state index in [1.54, 1.807) is 0 Å². The third kappa shape index (κ3) is 3.89. The fourth-order valence-electron chi connectivity index (χ4n) is 3.29. The Morgan fingerprint density at radius 2 is 1.95 bits per heavy atom. The van der Waals surface area contributed by atoms with Crippen molar-refractivity contribution in [1.82, 2.24) is 0 Å². The molecule has 1 saturated heterocycles. The maximum absolute atomic E-state index is 6.22. The van der Waals surface area contributed by atoms with E-state index in [2.05, 4.69) is 37.8 Å². The van der Waals surface area contributed by atoms with Gasteiger partial charge in [-0.05, 0) is 48.8 Å². The van der Waals surface area contributed by atoms with E-state index in [4.69, 9.17) is 17.3 Å². The molecule has 0 bridgehead atoms. The molecule has 1 aliphatic rings. The van der Waals surface area contributed by atoms with Crippen LogP contribution in [-0.4, -0.2) is 19.1 Å². The van der Waals surface area contributed by atoms with Crippen LogP contribution in [0.3, 0.4) is 0 Å². The zero-order valence-corrected chi connectivity index (χ0v) is 13.7. The highest BCUT2D eigenvalue weighted by atomic mass is 35.5. The minimum absolute atomic E-state index is 0.231. The van der Waals surface area contributed by atoms with Gasteiger partial charge in [-0.15, -0.1) is 0 Å². The first kappa shape index (κ1) is 15.7. The summed E-state index contributed by atoms with van der Waals surface area (Å²) in [5.41, 5.74) is 8.77. The summed E-state index contributed by atoms with van der Waals surface area (Å²) >= 11 is 6.22. The minimum atomic E-state index is 0.231. The number of rotatable bonds is 4. The van der Waals surface area contributed by atoms with Crippen LogP contribution in [0.5, 0.6) is 0 Å². The molecule has 0 radical (unpaired) electrons. The molecule has 0 aromatic heterocycles. The number of benzene rings is 1. The monoisotopic (exact) mass is 294 g/mol. The van der Waals surface area contributed by atoms with E-state index in [-0.39, 0.29) is 6.04 Å². The number of hydrogen-bond donors (Lipinski definition) is 1. The molecule has 2 rings (SSSR count). The second-order valence-corrected chi connectivity index (χ2v) is 6.93. The normalized spacial score (nSPS) is 24.8. The van der Waals surface area contributed by atoms with Crippen molar-refractivity contribution in [2.24, 2.45) is 17.6 Å². The van der Waals surface area contributed by atoms with Crippen LogP contribution in [0, 0.1) is 11.8 Å². The van der Waals surface area contributed by atoms with Gasteiger partial charge in [0.15, 0.2) is 0 Å². The molecule has 1 aliphatic heterocycles. The molecular weight excluding hydrogens is 268 g/mol. The summed E-state index contributed by atoms with van der Waals surface area (Å²) in [7, 11) is 0. The van der Waals surface area contributed by atoms with Gasteiger partial charge >= 0.3 is 0 Å². The molecular formula is C17H27ClN2. The molecule has 3 unspecified atom stereocenters. The first-order chi connectivity index (χ1) is 9.49. The van der Waals surface area contributed by atoms with E-state index < -0.39 is 0 Å². The molecule has 0 saturated carbocycles. The molecule has 1 heterocycles. The SMILES string of the molecule is CCC(N)Cc1ccc(Cl)cc1N1CC(C)CC(C)C1. The van der Waals surface area contributed by atoms with Gasteiger partial charge in [-0.2, -0.15) is 0 Å². The van der Waals surface area contributed by atoms with E-state index in [9.17, 15) is 0 Å². The standard InChI is InChI=1S/C17H27ClN2/c1-4-16(19)8-14-5-6-15(18)9-17(14)20-10-12(2)7-13(3)11-20/h5-6,9,12-13,16H,4,7-8,10-11,19H2,1-3H3. The molecule has 2 N–H and O–H groups in total. The van der Waals surface area contributed by atoms with Gasteiger partial charge in [0.2, 0.25) is 0 Å². The third-order valence-corrected chi connectivity index (χ3v) is 4.50. The summed E-state index contributed by atoms with van der Waals surface area (Å²) in [6, 6.07) is 6.48. The van der Waals surface area contributed by atoms with Crippen molar-refractivity contribution in [2.45, 2.75) is 46.1 Å². The van der Waals surface area contributed by atoms with Gasteiger partial charge < -0.3 is 10.6 Å². The Kier molecular flexibility index (Phi) is 5.34. The summed E-state index contributed by atoms with van der Waals surface area (Å²) < 4.78 is 0. The van der Waals surface area contributed by atoms with Crippen LogP contribution in [0.25, 0.3) is 0 Å². The predicted molar refractivity (Wildman–Crippen MR) is 88.6 cm³/mol. The molecule has 20 heavy (non-hydrogen) atoms. The quantitative estimate of drug-likeness (QED) is 0.906. The Morgan fingerprint density at radius 3 is 2.55 bits per heavy atom. The molecule has 0 amide bonds. The first-order valence-electron chi connectivity index (χ1n) is 7.78. The summed E-state index contributed by atoms with van der Waals surface area (Å²) in [4.78, 5) is 2.50. The van der Waals surface area contributed by atoms with Crippen molar-refractivity contribution < 1.29 is 0 Å². The molecule has 0 spiro atoms. The lowest BCUT2D eigenvalue weighted by Crippen LogP contribution is -2.39. The smallest absolute Gasteiger partial charge is 0.0426 e. The van der Waals surface area contributed by atoms with Gasteiger partial charge in [-0.25, -0.2) is 0 Å². The van der Waals surface area contributed by atoms with Crippen molar-refractivity contribution in [1.29, 1.82) is 0 Å². The van der Waals surface area contributed by atoms with Gasteiger partial charge in [0.1, 0.15) is 0 Å². The van der Waals surface area contributed by atoms with Crippen LogP contribution in [0.15, 0.2) is 18.2 Å². The third-order valence-electron chi connectivity index (χ3n) is 4.26. The van der Waals surface area contributed by atoms with Crippen molar-refractivity contribution in [2.75, 3.05) is 18.0 Å². The van der Waals surface area contributed by atoms with Gasteiger partial charge in [0.05, 0.1) is 0 Å². The van der Waals surface area contributed by atoms with E-state index in [1.807, 2.05) is 6.07 Å². The van der Waals surface area contributed by atoms with Gasteiger partial charge in [-0.1, -0.05) is 38.4 Å². The van der Waals surface area contributed by atoms with Gasteiger partial charge in [0, 0.05) is 29.8 Å². The Hall–Kier alpha value is -0.730. The highest BCUT2D eigenvalue weighted by Crippen LogP contribution is 2.31. The summed E-state index contributed by atoms with van der Waals surface area (Å²) in [5.74, 6) is 1.48. The Labute approximate surface area is 128 Å².